The SMILES string of the molecule is C=C1C(C(=C)C(C)(C)C)=CC/C1=C/C=C(\C)C(=C)/C=C(\C=C/C)N1CCCC1.CC. The molecule has 0 amide bonds. The molecule has 0 bridgehead atoms. The molecule has 1 nitrogen and oxygen atoms in total. The summed E-state index contributed by atoms with van der Waals surface area (Å²) in [6.45, 7) is 30.0. The van der Waals surface area contributed by atoms with Gasteiger partial charge in [-0.2, -0.15) is 0 Å². The van der Waals surface area contributed by atoms with Crippen LogP contribution in [0.1, 0.15) is 67.7 Å². The van der Waals surface area contributed by atoms with E-state index in [0.717, 1.165) is 36.2 Å². The third-order valence-electron chi connectivity index (χ3n) is 5.64. The normalized spacial score (nSPS) is 19.3. The van der Waals surface area contributed by atoms with E-state index < -0.39 is 0 Å². The van der Waals surface area contributed by atoms with Crippen molar-refractivity contribution in [3.63, 3.8) is 0 Å². The molecule has 0 aromatic carbocycles. The maximum Gasteiger partial charge on any atom is 0.0368 e. The Morgan fingerprint density at radius 1 is 1.10 bits per heavy atom. The molecule has 0 unspecified atom stereocenters. The minimum absolute atomic E-state index is 0.0633. The summed E-state index contributed by atoms with van der Waals surface area (Å²) in [7, 11) is 0. The molecular weight excluding hydrogens is 362 g/mol. The van der Waals surface area contributed by atoms with Crippen LogP contribution in [0.2, 0.25) is 0 Å². The van der Waals surface area contributed by atoms with Gasteiger partial charge in [-0.25, -0.2) is 0 Å². The van der Waals surface area contributed by atoms with E-state index in [-0.39, 0.29) is 5.41 Å². The van der Waals surface area contributed by atoms with Gasteiger partial charge in [-0.1, -0.05) is 78.7 Å². The molecule has 2 aliphatic rings. The lowest BCUT2D eigenvalue weighted by Crippen LogP contribution is -2.17. The molecule has 1 fully saturated rings. The average Bonchev–Trinajstić information content (AvgIpc) is 3.36. The van der Waals surface area contributed by atoms with Crippen LogP contribution < -0.4 is 0 Å². The van der Waals surface area contributed by atoms with Crippen molar-refractivity contribution in [1.82, 2.24) is 4.90 Å². The highest BCUT2D eigenvalue weighted by Crippen LogP contribution is 2.40. The Hall–Kier alpha value is -2.28. The van der Waals surface area contributed by atoms with Crippen molar-refractivity contribution in [2.75, 3.05) is 13.1 Å². The maximum atomic E-state index is 4.32. The summed E-state index contributed by atoms with van der Waals surface area (Å²) in [6, 6.07) is 0. The van der Waals surface area contributed by atoms with E-state index in [0.29, 0.717) is 0 Å². The fourth-order valence-electron chi connectivity index (χ4n) is 3.53. The van der Waals surface area contributed by atoms with Crippen molar-refractivity contribution >= 4 is 0 Å². The van der Waals surface area contributed by atoms with Gasteiger partial charge in [0.25, 0.3) is 0 Å². The molecule has 1 aliphatic heterocycles. The van der Waals surface area contributed by atoms with Gasteiger partial charge in [-0.05, 0) is 84.1 Å². The van der Waals surface area contributed by atoms with Gasteiger partial charge in [-0.3, -0.25) is 0 Å². The van der Waals surface area contributed by atoms with E-state index >= 15 is 0 Å². The highest BCUT2D eigenvalue weighted by molar-refractivity contribution is 5.61. The highest BCUT2D eigenvalue weighted by Gasteiger charge is 2.24. The van der Waals surface area contributed by atoms with Crippen LogP contribution in [0.5, 0.6) is 0 Å². The Bertz CT molecular complexity index is 794. The quantitative estimate of drug-likeness (QED) is 0.400. The second kappa shape index (κ2) is 11.8. The Morgan fingerprint density at radius 2 is 1.70 bits per heavy atom. The van der Waals surface area contributed by atoms with E-state index in [4.69, 9.17) is 0 Å². The van der Waals surface area contributed by atoms with Crippen LogP contribution >= 0.6 is 0 Å². The largest absolute Gasteiger partial charge is 0.372 e. The zero-order chi connectivity index (χ0) is 22.9. The van der Waals surface area contributed by atoms with Crippen LogP contribution in [0.25, 0.3) is 0 Å². The van der Waals surface area contributed by atoms with Crippen LogP contribution in [0.4, 0.5) is 0 Å². The van der Waals surface area contributed by atoms with E-state index in [2.05, 4.69) is 95.7 Å². The van der Waals surface area contributed by atoms with Gasteiger partial charge in [0.1, 0.15) is 0 Å². The second-order valence-corrected chi connectivity index (χ2v) is 8.86. The molecule has 0 aromatic rings. The lowest BCUT2D eigenvalue weighted by molar-refractivity contribution is 0.440. The summed E-state index contributed by atoms with van der Waals surface area (Å²) < 4.78 is 0. The van der Waals surface area contributed by atoms with E-state index in [9.17, 15) is 0 Å². The molecule has 0 spiro atoms. The van der Waals surface area contributed by atoms with Crippen molar-refractivity contribution in [2.24, 2.45) is 5.41 Å². The van der Waals surface area contributed by atoms with E-state index in [1.807, 2.05) is 13.8 Å². The van der Waals surface area contributed by atoms with Gasteiger partial charge >= 0.3 is 0 Å². The van der Waals surface area contributed by atoms with Gasteiger partial charge in [0.05, 0.1) is 0 Å². The van der Waals surface area contributed by atoms with Crippen LogP contribution in [0, 0.1) is 5.41 Å². The molecular formula is C29H43N. The molecule has 0 aromatic heterocycles. The Labute approximate surface area is 186 Å². The Kier molecular flexibility index (Phi) is 10.1. The standard InChI is InChI=1S/C27H37N.C2H6/c1-9-12-25(28-17-10-11-18-28)19-21(3)20(2)13-14-24-15-16-26(22(24)4)23(5)27(6,7)8;1-2/h9,12-14,16,19H,3-5,10-11,15,17-18H2,1-2,6-8H3;1-2H3/b12-9-,20-13+,24-14-,25-19+;. The summed E-state index contributed by atoms with van der Waals surface area (Å²) in [6.07, 6.45) is 16.6. The third-order valence-corrected chi connectivity index (χ3v) is 5.64. The smallest absolute Gasteiger partial charge is 0.0368 e. The summed E-state index contributed by atoms with van der Waals surface area (Å²) >= 11 is 0. The highest BCUT2D eigenvalue weighted by atomic mass is 15.1. The van der Waals surface area contributed by atoms with Crippen molar-refractivity contribution in [2.45, 2.75) is 67.7 Å². The molecule has 164 valence electrons. The molecule has 0 atom stereocenters. The predicted octanol–water partition coefficient (Wildman–Crippen LogP) is 8.49. The summed E-state index contributed by atoms with van der Waals surface area (Å²) in [5.41, 5.74) is 8.33. The van der Waals surface area contributed by atoms with E-state index in [1.165, 1.54) is 35.3 Å². The molecule has 0 saturated carbocycles. The Morgan fingerprint density at radius 3 is 2.23 bits per heavy atom. The zero-order valence-corrected chi connectivity index (χ0v) is 20.6. The number of likely N-dealkylation sites (tertiary alicyclic amines) is 1. The fourth-order valence-corrected chi connectivity index (χ4v) is 3.53. The first-order valence-electron chi connectivity index (χ1n) is 11.4. The van der Waals surface area contributed by atoms with Gasteiger partial charge in [0.15, 0.2) is 0 Å². The number of allylic oxidation sites excluding steroid dienone is 12. The number of hydrogen-bond donors (Lipinski definition) is 0. The molecule has 1 saturated heterocycles. The van der Waals surface area contributed by atoms with Crippen LogP contribution in [-0.2, 0) is 0 Å². The lowest BCUT2D eigenvalue weighted by atomic mass is 9.81. The monoisotopic (exact) mass is 405 g/mol. The van der Waals surface area contributed by atoms with E-state index in [1.54, 1.807) is 0 Å². The van der Waals surface area contributed by atoms with Crippen molar-refractivity contribution in [3.05, 3.63) is 95.3 Å². The first kappa shape index (κ1) is 25.8. The average molecular weight is 406 g/mol. The van der Waals surface area contributed by atoms with Crippen molar-refractivity contribution in [3.8, 4) is 0 Å². The number of hydrogen-bond acceptors (Lipinski definition) is 1. The third kappa shape index (κ3) is 6.90. The minimum Gasteiger partial charge on any atom is -0.372 e. The maximum absolute atomic E-state index is 4.32. The summed E-state index contributed by atoms with van der Waals surface area (Å²) in [5, 5.41) is 0. The van der Waals surface area contributed by atoms with Crippen LogP contribution in [0.15, 0.2) is 95.3 Å². The molecule has 2 rings (SSSR count). The Balaban J connectivity index is 0.00000218. The minimum atomic E-state index is 0.0633. The summed E-state index contributed by atoms with van der Waals surface area (Å²) in [4.78, 5) is 2.45. The van der Waals surface area contributed by atoms with Gasteiger partial charge < -0.3 is 4.90 Å². The van der Waals surface area contributed by atoms with Crippen LogP contribution in [-0.4, -0.2) is 18.0 Å². The lowest BCUT2D eigenvalue weighted by Gasteiger charge is -2.23. The van der Waals surface area contributed by atoms with Crippen LogP contribution in [0.3, 0.4) is 0 Å². The predicted molar refractivity (Wildman–Crippen MR) is 136 cm³/mol. The molecule has 30 heavy (non-hydrogen) atoms. The van der Waals surface area contributed by atoms with Crippen molar-refractivity contribution < 1.29 is 0 Å². The molecule has 1 aliphatic carbocycles. The molecule has 0 N–H and O–H groups in total. The van der Waals surface area contributed by atoms with Gasteiger partial charge in [0, 0.05) is 18.8 Å². The van der Waals surface area contributed by atoms with Crippen molar-refractivity contribution in [1.29, 1.82) is 0 Å². The zero-order valence-electron chi connectivity index (χ0n) is 20.6. The van der Waals surface area contributed by atoms with Gasteiger partial charge in [-0.15, -0.1) is 0 Å². The first-order chi connectivity index (χ1) is 14.1. The molecule has 0 radical (unpaired) electrons. The summed E-state index contributed by atoms with van der Waals surface area (Å²) in [5.74, 6) is 0. The number of nitrogens with zero attached hydrogens (tertiary/aromatic N) is 1. The molecule has 1 heteroatoms. The second-order valence-electron chi connectivity index (χ2n) is 8.86. The number of rotatable bonds is 6. The first-order valence-corrected chi connectivity index (χ1v) is 11.4. The topological polar surface area (TPSA) is 3.24 Å². The van der Waals surface area contributed by atoms with Gasteiger partial charge in [0.2, 0.25) is 0 Å². The fraction of sp³-hybridized carbons (Fsp3) is 0.448. The molecule has 1 heterocycles.